The molecule has 0 unspecified atom stereocenters. The van der Waals surface area contributed by atoms with Crippen molar-refractivity contribution in [2.75, 3.05) is 0 Å². The molecule has 0 aromatic carbocycles. The van der Waals surface area contributed by atoms with Gasteiger partial charge in [0.1, 0.15) is 5.76 Å². The molecule has 1 heteroatoms. The van der Waals surface area contributed by atoms with E-state index in [4.69, 9.17) is 4.42 Å². The molecular formula is C15H26O. The molecule has 16 heavy (non-hydrogen) atoms. The first-order valence-corrected chi connectivity index (χ1v) is 6.32. The molecule has 0 fully saturated rings. The molecule has 0 atom stereocenters. The Labute approximate surface area is 100 Å². The molecule has 1 rings (SSSR count). The maximum atomic E-state index is 5.65. The van der Waals surface area contributed by atoms with Crippen molar-refractivity contribution in [2.24, 2.45) is 5.41 Å². The van der Waals surface area contributed by atoms with Gasteiger partial charge in [-0.2, -0.15) is 0 Å². The summed E-state index contributed by atoms with van der Waals surface area (Å²) in [4.78, 5) is 0. The lowest BCUT2D eigenvalue weighted by Gasteiger charge is -2.23. The standard InChI is InChI=1S/C15H26O/c1-7-8-15(5,6)10-12-9-13(16-11-12)14(2,3)4/h9,11H,7-8,10H2,1-6H3. The second-order valence-corrected chi connectivity index (χ2v) is 6.66. The van der Waals surface area contributed by atoms with Gasteiger partial charge in [-0.25, -0.2) is 0 Å². The molecule has 0 saturated heterocycles. The average molecular weight is 222 g/mol. The summed E-state index contributed by atoms with van der Waals surface area (Å²) in [6, 6.07) is 2.22. The van der Waals surface area contributed by atoms with Crippen molar-refractivity contribution in [1.29, 1.82) is 0 Å². The third-order valence-corrected chi connectivity index (χ3v) is 3.00. The predicted molar refractivity (Wildman–Crippen MR) is 69.8 cm³/mol. The van der Waals surface area contributed by atoms with E-state index in [-0.39, 0.29) is 5.41 Å². The first kappa shape index (κ1) is 13.3. The van der Waals surface area contributed by atoms with Gasteiger partial charge in [-0.1, -0.05) is 48.0 Å². The molecule has 0 aliphatic rings. The minimum Gasteiger partial charge on any atom is -0.469 e. The summed E-state index contributed by atoms with van der Waals surface area (Å²) in [6.45, 7) is 13.5. The number of rotatable bonds is 4. The first-order chi connectivity index (χ1) is 7.24. The molecule has 0 N–H and O–H groups in total. The SMILES string of the molecule is CCCC(C)(C)Cc1coc(C(C)(C)C)c1. The van der Waals surface area contributed by atoms with Crippen LogP contribution in [-0.4, -0.2) is 0 Å². The van der Waals surface area contributed by atoms with Crippen molar-refractivity contribution in [3.05, 3.63) is 23.7 Å². The largest absolute Gasteiger partial charge is 0.469 e. The van der Waals surface area contributed by atoms with Crippen molar-refractivity contribution in [3.63, 3.8) is 0 Å². The second-order valence-electron chi connectivity index (χ2n) is 6.66. The van der Waals surface area contributed by atoms with Gasteiger partial charge in [0.15, 0.2) is 0 Å². The Kier molecular flexibility index (Phi) is 3.88. The molecular weight excluding hydrogens is 196 g/mol. The molecule has 0 bridgehead atoms. The Morgan fingerprint density at radius 2 is 1.75 bits per heavy atom. The van der Waals surface area contributed by atoms with Gasteiger partial charge in [0.05, 0.1) is 6.26 Å². The van der Waals surface area contributed by atoms with Crippen LogP contribution in [0, 0.1) is 5.41 Å². The van der Waals surface area contributed by atoms with E-state index in [1.165, 1.54) is 18.4 Å². The molecule has 1 heterocycles. The normalized spacial score (nSPS) is 13.1. The topological polar surface area (TPSA) is 13.1 Å². The molecule has 0 aliphatic carbocycles. The quantitative estimate of drug-likeness (QED) is 0.703. The molecule has 0 saturated carbocycles. The van der Waals surface area contributed by atoms with Crippen LogP contribution in [0.3, 0.4) is 0 Å². The summed E-state index contributed by atoms with van der Waals surface area (Å²) >= 11 is 0. The molecule has 92 valence electrons. The number of furan rings is 1. The van der Waals surface area contributed by atoms with Crippen LogP contribution in [0.4, 0.5) is 0 Å². The minimum absolute atomic E-state index is 0.118. The predicted octanol–water partition coefficient (Wildman–Crippen LogP) is 4.95. The van der Waals surface area contributed by atoms with Gasteiger partial charge in [0.2, 0.25) is 0 Å². The summed E-state index contributed by atoms with van der Waals surface area (Å²) in [5.74, 6) is 1.09. The maximum absolute atomic E-state index is 5.65. The zero-order valence-corrected chi connectivity index (χ0v) is 11.7. The van der Waals surface area contributed by atoms with Crippen LogP contribution in [0.15, 0.2) is 16.7 Å². The van der Waals surface area contributed by atoms with Gasteiger partial charge in [0.25, 0.3) is 0 Å². The lowest BCUT2D eigenvalue weighted by atomic mass is 9.82. The first-order valence-electron chi connectivity index (χ1n) is 6.32. The Hall–Kier alpha value is -0.720. The average Bonchev–Trinajstić information content (AvgIpc) is 2.50. The van der Waals surface area contributed by atoms with Gasteiger partial charge in [-0.3, -0.25) is 0 Å². The zero-order valence-electron chi connectivity index (χ0n) is 11.7. The fourth-order valence-electron chi connectivity index (χ4n) is 2.18. The Morgan fingerprint density at radius 1 is 1.12 bits per heavy atom. The van der Waals surface area contributed by atoms with Crippen LogP contribution < -0.4 is 0 Å². The highest BCUT2D eigenvalue weighted by Gasteiger charge is 2.22. The van der Waals surface area contributed by atoms with Gasteiger partial charge in [0, 0.05) is 5.41 Å². The van der Waals surface area contributed by atoms with Crippen molar-refractivity contribution < 1.29 is 4.42 Å². The lowest BCUT2D eigenvalue weighted by Crippen LogP contribution is -2.14. The number of hydrogen-bond donors (Lipinski definition) is 0. The van der Waals surface area contributed by atoms with E-state index in [0.29, 0.717) is 5.41 Å². The van der Waals surface area contributed by atoms with Crippen molar-refractivity contribution in [1.82, 2.24) is 0 Å². The number of hydrogen-bond acceptors (Lipinski definition) is 1. The van der Waals surface area contributed by atoms with E-state index in [2.05, 4.69) is 47.6 Å². The zero-order chi connectivity index (χ0) is 12.4. The molecule has 1 nitrogen and oxygen atoms in total. The van der Waals surface area contributed by atoms with Crippen LogP contribution in [0.5, 0.6) is 0 Å². The molecule has 1 aromatic rings. The Balaban J connectivity index is 2.73. The molecule has 0 aliphatic heterocycles. The highest BCUT2D eigenvalue weighted by atomic mass is 16.3. The van der Waals surface area contributed by atoms with Crippen molar-refractivity contribution >= 4 is 0 Å². The Morgan fingerprint density at radius 3 is 2.19 bits per heavy atom. The van der Waals surface area contributed by atoms with E-state index < -0.39 is 0 Å². The molecule has 1 aromatic heterocycles. The lowest BCUT2D eigenvalue weighted by molar-refractivity contribution is 0.327. The van der Waals surface area contributed by atoms with E-state index in [0.717, 1.165) is 12.2 Å². The van der Waals surface area contributed by atoms with Gasteiger partial charge < -0.3 is 4.42 Å². The van der Waals surface area contributed by atoms with E-state index in [1.54, 1.807) is 0 Å². The molecule has 0 spiro atoms. The fourth-order valence-corrected chi connectivity index (χ4v) is 2.18. The monoisotopic (exact) mass is 222 g/mol. The molecule has 0 amide bonds. The van der Waals surface area contributed by atoms with Gasteiger partial charge in [-0.05, 0) is 29.9 Å². The Bertz CT molecular complexity index is 325. The van der Waals surface area contributed by atoms with Gasteiger partial charge >= 0.3 is 0 Å². The van der Waals surface area contributed by atoms with E-state index >= 15 is 0 Å². The van der Waals surface area contributed by atoms with Crippen LogP contribution >= 0.6 is 0 Å². The van der Waals surface area contributed by atoms with Crippen molar-refractivity contribution in [3.8, 4) is 0 Å². The van der Waals surface area contributed by atoms with Crippen LogP contribution in [0.2, 0.25) is 0 Å². The van der Waals surface area contributed by atoms with E-state index in [9.17, 15) is 0 Å². The summed E-state index contributed by atoms with van der Waals surface area (Å²) in [5, 5.41) is 0. The van der Waals surface area contributed by atoms with Crippen LogP contribution in [0.25, 0.3) is 0 Å². The highest BCUT2D eigenvalue weighted by Crippen LogP contribution is 2.30. The van der Waals surface area contributed by atoms with Crippen LogP contribution in [0.1, 0.15) is 65.7 Å². The summed E-state index contributed by atoms with van der Waals surface area (Å²) in [5.41, 5.74) is 1.84. The smallest absolute Gasteiger partial charge is 0.109 e. The third kappa shape index (κ3) is 3.70. The molecule has 0 radical (unpaired) electrons. The maximum Gasteiger partial charge on any atom is 0.109 e. The van der Waals surface area contributed by atoms with Gasteiger partial charge in [-0.15, -0.1) is 0 Å². The van der Waals surface area contributed by atoms with E-state index in [1.807, 2.05) is 6.26 Å². The van der Waals surface area contributed by atoms with Crippen molar-refractivity contribution in [2.45, 2.75) is 66.2 Å². The summed E-state index contributed by atoms with van der Waals surface area (Å²) < 4.78 is 5.65. The third-order valence-electron chi connectivity index (χ3n) is 3.00. The fraction of sp³-hybridized carbons (Fsp3) is 0.733. The highest BCUT2D eigenvalue weighted by molar-refractivity contribution is 5.19. The summed E-state index contributed by atoms with van der Waals surface area (Å²) in [6.07, 6.45) is 5.55. The second kappa shape index (κ2) is 4.65. The summed E-state index contributed by atoms with van der Waals surface area (Å²) in [7, 11) is 0. The minimum atomic E-state index is 0.118. The van der Waals surface area contributed by atoms with Crippen LogP contribution in [-0.2, 0) is 11.8 Å².